The molecule has 2 rings (SSSR count). The third kappa shape index (κ3) is 2.67. The lowest BCUT2D eigenvalue weighted by molar-refractivity contribution is 0.102. The van der Waals surface area contributed by atoms with Crippen LogP contribution >= 0.6 is 23.2 Å². The second-order valence-electron chi connectivity index (χ2n) is 3.73. The second-order valence-corrected chi connectivity index (χ2v) is 4.55. The summed E-state index contributed by atoms with van der Waals surface area (Å²) in [6.45, 7) is 0. The summed E-state index contributed by atoms with van der Waals surface area (Å²) >= 11 is 12.0. The Kier molecular flexibility index (Phi) is 3.97. The molecule has 1 N–H and O–H groups in total. The van der Waals surface area contributed by atoms with E-state index in [1.54, 1.807) is 31.4 Å². The highest BCUT2D eigenvalue weighted by molar-refractivity contribution is 6.37. The highest BCUT2D eigenvalue weighted by Gasteiger charge is 2.20. The summed E-state index contributed by atoms with van der Waals surface area (Å²) in [7, 11) is 3.14. The number of hydrogen-bond acceptors (Lipinski definition) is 3. The zero-order valence-corrected chi connectivity index (χ0v) is 11.8. The second kappa shape index (κ2) is 5.50. The van der Waals surface area contributed by atoms with Gasteiger partial charge < -0.3 is 10.1 Å². The van der Waals surface area contributed by atoms with Crippen molar-refractivity contribution in [3.05, 3.63) is 40.0 Å². The van der Waals surface area contributed by atoms with Crippen LogP contribution in [-0.2, 0) is 7.05 Å². The van der Waals surface area contributed by atoms with Gasteiger partial charge in [-0.05, 0) is 12.1 Å². The van der Waals surface area contributed by atoms with Crippen LogP contribution in [0.25, 0.3) is 0 Å². The normalized spacial score (nSPS) is 10.3. The predicted octanol–water partition coefficient (Wildman–Crippen LogP) is 2.99. The molecule has 5 nitrogen and oxygen atoms in total. The van der Waals surface area contributed by atoms with Crippen LogP contribution in [0, 0.1) is 0 Å². The van der Waals surface area contributed by atoms with Gasteiger partial charge in [-0.3, -0.25) is 9.48 Å². The summed E-state index contributed by atoms with van der Waals surface area (Å²) in [5.74, 6) is 0.380. The Morgan fingerprint density at radius 1 is 1.32 bits per heavy atom. The van der Waals surface area contributed by atoms with Crippen molar-refractivity contribution in [1.82, 2.24) is 9.78 Å². The van der Waals surface area contributed by atoms with E-state index in [1.165, 1.54) is 11.8 Å². The molecule has 7 heteroatoms. The van der Waals surface area contributed by atoms with E-state index in [2.05, 4.69) is 10.4 Å². The molecule has 0 aliphatic rings. The van der Waals surface area contributed by atoms with Gasteiger partial charge in [0, 0.05) is 13.1 Å². The summed E-state index contributed by atoms with van der Waals surface area (Å²) in [6, 6.07) is 4.79. The maximum absolute atomic E-state index is 12.2. The molecule has 1 heterocycles. The molecule has 0 aliphatic heterocycles. The Morgan fingerprint density at radius 2 is 2.00 bits per heavy atom. The molecule has 0 saturated carbocycles. The Hall–Kier alpha value is -1.72. The maximum Gasteiger partial charge on any atom is 0.262 e. The van der Waals surface area contributed by atoms with Crippen LogP contribution in [0.4, 0.5) is 5.82 Å². The van der Waals surface area contributed by atoms with Gasteiger partial charge in [0.15, 0.2) is 5.75 Å². The number of benzene rings is 1. The molecule has 0 bridgehead atoms. The van der Waals surface area contributed by atoms with Gasteiger partial charge in [-0.1, -0.05) is 23.2 Å². The van der Waals surface area contributed by atoms with Crippen LogP contribution in [0.5, 0.6) is 5.75 Å². The molecule has 0 radical (unpaired) electrons. The molecule has 0 aliphatic carbocycles. The van der Waals surface area contributed by atoms with Crippen molar-refractivity contribution in [2.75, 3.05) is 12.4 Å². The minimum Gasteiger partial charge on any atom is -0.494 e. The molecular formula is C12H11Cl2N3O2. The Morgan fingerprint density at radius 3 is 2.58 bits per heavy atom. The highest BCUT2D eigenvalue weighted by atomic mass is 35.5. The molecular weight excluding hydrogens is 289 g/mol. The number of nitrogens with one attached hydrogen (secondary N) is 1. The number of rotatable bonds is 3. The quantitative estimate of drug-likeness (QED) is 0.948. The number of halogens is 2. The number of hydrogen-bond donors (Lipinski definition) is 1. The highest BCUT2D eigenvalue weighted by Crippen LogP contribution is 2.34. The van der Waals surface area contributed by atoms with Crippen molar-refractivity contribution >= 4 is 34.9 Å². The van der Waals surface area contributed by atoms with Gasteiger partial charge in [0.1, 0.15) is 11.4 Å². The number of anilines is 1. The van der Waals surface area contributed by atoms with Gasteiger partial charge >= 0.3 is 0 Å². The van der Waals surface area contributed by atoms with Crippen molar-refractivity contribution < 1.29 is 9.53 Å². The predicted molar refractivity (Wildman–Crippen MR) is 74.2 cm³/mol. The van der Waals surface area contributed by atoms with Crippen molar-refractivity contribution in [3.63, 3.8) is 0 Å². The Labute approximate surface area is 120 Å². The summed E-state index contributed by atoms with van der Waals surface area (Å²) < 4.78 is 6.66. The van der Waals surface area contributed by atoms with Crippen LogP contribution in [-0.4, -0.2) is 22.8 Å². The first kappa shape index (κ1) is 13.7. The molecule has 0 unspecified atom stereocenters. The van der Waals surface area contributed by atoms with Crippen molar-refractivity contribution in [2.24, 2.45) is 7.05 Å². The first-order valence-electron chi connectivity index (χ1n) is 5.36. The number of amides is 1. The lowest BCUT2D eigenvalue weighted by atomic mass is 10.2. The SMILES string of the molecule is COc1c(Cl)ccc(Cl)c1C(=O)Nc1ccnn1C. The lowest BCUT2D eigenvalue weighted by Crippen LogP contribution is -2.16. The fourth-order valence-electron chi connectivity index (χ4n) is 1.62. The van der Waals surface area contributed by atoms with Gasteiger partial charge in [0.2, 0.25) is 0 Å². The van der Waals surface area contributed by atoms with E-state index < -0.39 is 5.91 Å². The van der Waals surface area contributed by atoms with Crippen LogP contribution < -0.4 is 10.1 Å². The fourth-order valence-corrected chi connectivity index (χ4v) is 2.09. The summed E-state index contributed by atoms with van der Waals surface area (Å²) in [5.41, 5.74) is 0.192. The average Bonchev–Trinajstić information content (AvgIpc) is 2.77. The van der Waals surface area contributed by atoms with Crippen LogP contribution in [0.3, 0.4) is 0 Å². The smallest absolute Gasteiger partial charge is 0.262 e. The van der Waals surface area contributed by atoms with Crippen LogP contribution in [0.2, 0.25) is 10.0 Å². The van der Waals surface area contributed by atoms with E-state index in [4.69, 9.17) is 27.9 Å². The lowest BCUT2D eigenvalue weighted by Gasteiger charge is -2.12. The zero-order valence-electron chi connectivity index (χ0n) is 10.3. The van der Waals surface area contributed by atoms with E-state index >= 15 is 0 Å². The molecule has 2 aromatic rings. The topological polar surface area (TPSA) is 56.1 Å². The Bertz CT molecular complexity index is 625. The number of carbonyl (C=O) groups is 1. The van der Waals surface area contributed by atoms with Gasteiger partial charge in [-0.15, -0.1) is 0 Å². The Balaban J connectivity index is 2.39. The standard InChI is InChI=1S/C12H11Cl2N3O2/c1-17-9(5-6-15-17)16-12(18)10-7(13)3-4-8(14)11(10)19-2/h3-6H,1-2H3,(H,16,18). The number of nitrogens with zero attached hydrogens (tertiary/aromatic N) is 2. The molecule has 19 heavy (non-hydrogen) atoms. The molecule has 0 fully saturated rings. The van der Waals surface area contributed by atoms with Crippen molar-refractivity contribution in [3.8, 4) is 5.75 Å². The number of ether oxygens (including phenoxy) is 1. The number of carbonyl (C=O) groups excluding carboxylic acids is 1. The third-order valence-corrected chi connectivity index (χ3v) is 3.17. The van der Waals surface area contributed by atoms with E-state index in [9.17, 15) is 4.79 Å². The molecule has 0 spiro atoms. The minimum absolute atomic E-state index is 0.192. The fraction of sp³-hybridized carbons (Fsp3) is 0.167. The molecule has 1 amide bonds. The number of aromatic nitrogens is 2. The number of aryl methyl sites for hydroxylation is 1. The van der Waals surface area contributed by atoms with E-state index in [1.807, 2.05) is 0 Å². The van der Waals surface area contributed by atoms with Crippen molar-refractivity contribution in [1.29, 1.82) is 0 Å². The zero-order chi connectivity index (χ0) is 14.0. The molecule has 0 saturated heterocycles. The molecule has 1 aromatic carbocycles. The first-order chi connectivity index (χ1) is 9.04. The first-order valence-corrected chi connectivity index (χ1v) is 6.11. The van der Waals surface area contributed by atoms with Crippen molar-refractivity contribution in [2.45, 2.75) is 0 Å². The largest absolute Gasteiger partial charge is 0.494 e. The summed E-state index contributed by atoms with van der Waals surface area (Å²) in [5, 5.41) is 7.23. The average molecular weight is 300 g/mol. The molecule has 1 aromatic heterocycles. The van der Waals surface area contributed by atoms with Gasteiger partial charge in [-0.2, -0.15) is 5.10 Å². The van der Waals surface area contributed by atoms with Crippen LogP contribution in [0.1, 0.15) is 10.4 Å². The molecule has 100 valence electrons. The molecule has 0 atom stereocenters. The third-order valence-electron chi connectivity index (χ3n) is 2.55. The summed E-state index contributed by atoms with van der Waals surface area (Å²) in [6.07, 6.45) is 1.58. The van der Waals surface area contributed by atoms with E-state index in [0.717, 1.165) is 0 Å². The van der Waals surface area contributed by atoms with Gasteiger partial charge in [-0.25, -0.2) is 0 Å². The van der Waals surface area contributed by atoms with E-state index in [0.29, 0.717) is 10.8 Å². The summed E-state index contributed by atoms with van der Waals surface area (Å²) in [4.78, 5) is 12.2. The van der Waals surface area contributed by atoms with Crippen LogP contribution in [0.15, 0.2) is 24.4 Å². The monoisotopic (exact) mass is 299 g/mol. The van der Waals surface area contributed by atoms with Gasteiger partial charge in [0.05, 0.1) is 23.4 Å². The van der Waals surface area contributed by atoms with E-state index in [-0.39, 0.29) is 16.3 Å². The minimum atomic E-state index is -0.409. The maximum atomic E-state index is 12.2. The van der Waals surface area contributed by atoms with Gasteiger partial charge in [0.25, 0.3) is 5.91 Å². The number of methoxy groups -OCH3 is 1.